The Morgan fingerprint density at radius 1 is 1.04 bits per heavy atom. The molecule has 7 heteroatoms. The first-order valence-corrected chi connectivity index (χ1v) is 8.57. The molecule has 0 spiro atoms. The first kappa shape index (κ1) is 19.2. The number of methoxy groups -OCH3 is 3. The van der Waals surface area contributed by atoms with Gasteiger partial charge < -0.3 is 14.2 Å². The lowest BCUT2D eigenvalue weighted by Gasteiger charge is -2.12. The summed E-state index contributed by atoms with van der Waals surface area (Å²) in [4.78, 5) is 17.1. The summed E-state index contributed by atoms with van der Waals surface area (Å²) in [5.41, 5.74) is 5.29. The zero-order valence-corrected chi connectivity index (χ0v) is 16.1. The second-order valence-electron chi connectivity index (χ2n) is 5.99. The van der Waals surface area contributed by atoms with Crippen molar-refractivity contribution in [2.24, 2.45) is 5.10 Å². The molecule has 0 aliphatic carbocycles. The monoisotopic (exact) mass is 379 g/mol. The molecule has 0 aliphatic rings. The lowest BCUT2D eigenvalue weighted by Crippen LogP contribution is -2.18. The van der Waals surface area contributed by atoms with Crippen molar-refractivity contribution in [3.05, 3.63) is 59.3 Å². The molecule has 1 heterocycles. The van der Waals surface area contributed by atoms with Crippen LogP contribution in [-0.4, -0.2) is 38.4 Å². The number of carbonyl (C=O) groups is 1. The minimum atomic E-state index is -0.314. The molecule has 0 aliphatic heterocycles. The molecule has 0 atom stereocenters. The molecule has 7 nitrogen and oxygen atoms in total. The zero-order valence-electron chi connectivity index (χ0n) is 16.1. The highest BCUT2D eigenvalue weighted by molar-refractivity contribution is 6.06. The smallest absolute Gasteiger partial charge is 0.272 e. The van der Waals surface area contributed by atoms with Crippen molar-refractivity contribution in [1.29, 1.82) is 0 Å². The Morgan fingerprint density at radius 2 is 1.71 bits per heavy atom. The minimum Gasteiger partial charge on any atom is -0.493 e. The molecule has 3 rings (SSSR count). The number of nitrogens with zero attached hydrogens (tertiary/aromatic N) is 2. The molecule has 0 saturated heterocycles. The topological polar surface area (TPSA) is 82.0 Å². The number of hydrazone groups is 1. The molecule has 1 aromatic heterocycles. The average molecular weight is 379 g/mol. The maximum atomic E-state index is 12.6. The van der Waals surface area contributed by atoms with E-state index in [1.54, 1.807) is 18.2 Å². The predicted molar refractivity (Wildman–Crippen MR) is 108 cm³/mol. The van der Waals surface area contributed by atoms with Crippen molar-refractivity contribution >= 4 is 23.0 Å². The molecule has 0 unspecified atom stereocenters. The van der Waals surface area contributed by atoms with E-state index in [2.05, 4.69) is 15.5 Å². The predicted octanol–water partition coefficient (Wildman–Crippen LogP) is 3.33. The van der Waals surface area contributed by atoms with Crippen LogP contribution in [0.3, 0.4) is 0 Å². The molecule has 1 amide bonds. The van der Waals surface area contributed by atoms with Gasteiger partial charge >= 0.3 is 0 Å². The Hall–Kier alpha value is -3.61. The highest BCUT2D eigenvalue weighted by Crippen LogP contribution is 2.37. The molecule has 28 heavy (non-hydrogen) atoms. The van der Waals surface area contributed by atoms with E-state index in [1.807, 2.05) is 31.2 Å². The van der Waals surface area contributed by atoms with Crippen molar-refractivity contribution in [3.63, 3.8) is 0 Å². The maximum absolute atomic E-state index is 12.6. The van der Waals surface area contributed by atoms with Gasteiger partial charge in [0.2, 0.25) is 5.75 Å². The van der Waals surface area contributed by atoms with Gasteiger partial charge in [0.1, 0.15) is 0 Å². The number of nitrogens with one attached hydrogen (secondary N) is 1. The van der Waals surface area contributed by atoms with Gasteiger partial charge in [-0.05, 0) is 31.2 Å². The van der Waals surface area contributed by atoms with E-state index < -0.39 is 0 Å². The number of rotatable bonds is 6. The quantitative estimate of drug-likeness (QED) is 0.525. The molecular formula is C21H21N3O4. The Morgan fingerprint density at radius 3 is 2.36 bits per heavy atom. The summed E-state index contributed by atoms with van der Waals surface area (Å²) in [6.07, 6.45) is 1.51. The number of hydrogen-bond donors (Lipinski definition) is 1. The van der Waals surface area contributed by atoms with E-state index in [4.69, 9.17) is 14.2 Å². The van der Waals surface area contributed by atoms with Crippen LogP contribution < -0.4 is 19.6 Å². The van der Waals surface area contributed by atoms with Gasteiger partial charge in [0.25, 0.3) is 5.91 Å². The fourth-order valence-electron chi connectivity index (χ4n) is 2.90. The lowest BCUT2D eigenvalue weighted by molar-refractivity contribution is 0.0956. The van der Waals surface area contributed by atoms with Crippen molar-refractivity contribution in [3.8, 4) is 17.2 Å². The third-order valence-corrected chi connectivity index (χ3v) is 4.16. The number of hydrogen-bond acceptors (Lipinski definition) is 6. The molecule has 0 fully saturated rings. The maximum Gasteiger partial charge on any atom is 0.272 e. The van der Waals surface area contributed by atoms with Gasteiger partial charge in [-0.2, -0.15) is 5.10 Å². The highest BCUT2D eigenvalue weighted by Gasteiger charge is 2.13. The molecular weight excluding hydrogens is 358 g/mol. The fourth-order valence-corrected chi connectivity index (χ4v) is 2.90. The van der Waals surface area contributed by atoms with Crippen molar-refractivity contribution in [1.82, 2.24) is 10.4 Å². The summed E-state index contributed by atoms with van der Waals surface area (Å²) in [7, 11) is 4.61. The summed E-state index contributed by atoms with van der Waals surface area (Å²) in [6, 6.07) is 12.7. The van der Waals surface area contributed by atoms with Crippen LogP contribution >= 0.6 is 0 Å². The number of aryl methyl sites for hydroxylation is 1. The van der Waals surface area contributed by atoms with Crippen LogP contribution in [0.25, 0.3) is 10.9 Å². The van der Waals surface area contributed by atoms with E-state index in [9.17, 15) is 4.79 Å². The van der Waals surface area contributed by atoms with Crippen molar-refractivity contribution in [2.45, 2.75) is 6.92 Å². The summed E-state index contributed by atoms with van der Waals surface area (Å²) in [6.45, 7) is 1.85. The van der Waals surface area contributed by atoms with E-state index >= 15 is 0 Å². The van der Waals surface area contributed by atoms with Gasteiger partial charge in [-0.1, -0.05) is 18.2 Å². The molecule has 0 bridgehead atoms. The minimum absolute atomic E-state index is 0.314. The highest BCUT2D eigenvalue weighted by atomic mass is 16.5. The number of carbonyl (C=O) groups excluding carboxylic acids is 1. The van der Waals surface area contributed by atoms with E-state index in [1.165, 1.54) is 27.5 Å². The van der Waals surface area contributed by atoms with Crippen molar-refractivity contribution in [2.75, 3.05) is 21.3 Å². The summed E-state index contributed by atoms with van der Waals surface area (Å²) in [5, 5.41) is 4.84. The first-order chi connectivity index (χ1) is 13.6. The Balaban J connectivity index is 1.85. The Labute approximate surface area is 162 Å². The molecule has 144 valence electrons. The molecule has 0 radical (unpaired) electrons. The fraction of sp³-hybridized carbons (Fsp3) is 0.190. The van der Waals surface area contributed by atoms with Crippen LogP contribution in [-0.2, 0) is 0 Å². The van der Waals surface area contributed by atoms with Crippen LogP contribution in [0.15, 0.2) is 47.6 Å². The number of ether oxygens (including phenoxy) is 3. The van der Waals surface area contributed by atoms with Crippen molar-refractivity contribution < 1.29 is 19.0 Å². The SMILES string of the molecule is COc1cc(C=NNC(=O)c2cc(C)nc3ccccc23)cc(OC)c1OC. The molecule has 1 N–H and O–H groups in total. The number of pyridine rings is 1. The third kappa shape index (κ3) is 3.88. The first-order valence-electron chi connectivity index (χ1n) is 8.57. The normalized spacial score (nSPS) is 10.9. The standard InChI is InChI=1S/C21H21N3O4/c1-13-9-16(15-7-5-6-8-17(15)23-13)21(25)24-22-12-14-10-18(26-2)20(28-4)19(11-14)27-3/h5-12H,1-4H3,(H,24,25). The van der Waals surface area contributed by atoms with Crippen LogP contribution in [0, 0.1) is 6.92 Å². The van der Waals surface area contributed by atoms with Gasteiger partial charge in [0.05, 0.1) is 38.6 Å². The zero-order chi connectivity index (χ0) is 20.1. The number of aromatic nitrogens is 1. The van der Waals surface area contributed by atoms with Gasteiger partial charge in [-0.3, -0.25) is 9.78 Å². The van der Waals surface area contributed by atoms with E-state index in [0.717, 1.165) is 16.6 Å². The van der Waals surface area contributed by atoms with E-state index in [-0.39, 0.29) is 5.91 Å². The summed E-state index contributed by atoms with van der Waals surface area (Å²) < 4.78 is 15.9. The largest absolute Gasteiger partial charge is 0.493 e. The lowest BCUT2D eigenvalue weighted by atomic mass is 10.1. The number of para-hydroxylation sites is 1. The molecule has 3 aromatic rings. The van der Waals surface area contributed by atoms with Crippen LogP contribution in [0.4, 0.5) is 0 Å². The van der Waals surface area contributed by atoms with Gasteiger partial charge in [-0.25, -0.2) is 5.43 Å². The second kappa shape index (κ2) is 8.39. The van der Waals surface area contributed by atoms with Crippen LogP contribution in [0.5, 0.6) is 17.2 Å². The van der Waals surface area contributed by atoms with Crippen LogP contribution in [0.2, 0.25) is 0 Å². The van der Waals surface area contributed by atoms with Gasteiger partial charge in [0.15, 0.2) is 11.5 Å². The average Bonchev–Trinajstić information content (AvgIpc) is 2.72. The van der Waals surface area contributed by atoms with Gasteiger partial charge in [0, 0.05) is 16.6 Å². The summed E-state index contributed by atoms with van der Waals surface area (Å²) in [5.74, 6) is 1.19. The molecule has 0 saturated carbocycles. The van der Waals surface area contributed by atoms with Gasteiger partial charge in [-0.15, -0.1) is 0 Å². The summed E-state index contributed by atoms with van der Waals surface area (Å²) >= 11 is 0. The number of amides is 1. The Kier molecular flexibility index (Phi) is 5.74. The Bertz CT molecular complexity index is 1020. The number of fused-ring (bicyclic) bond motifs is 1. The third-order valence-electron chi connectivity index (χ3n) is 4.16. The van der Waals surface area contributed by atoms with E-state index in [0.29, 0.717) is 28.4 Å². The molecule has 2 aromatic carbocycles. The van der Waals surface area contributed by atoms with Crippen LogP contribution in [0.1, 0.15) is 21.6 Å². The number of benzene rings is 2. The second-order valence-corrected chi connectivity index (χ2v) is 5.99.